The Morgan fingerprint density at radius 1 is 1.27 bits per heavy atom. The van der Waals surface area contributed by atoms with Crippen molar-refractivity contribution in [1.82, 2.24) is 25.2 Å². The maximum Gasteiger partial charge on any atom is 0.239 e. The van der Waals surface area contributed by atoms with Gasteiger partial charge in [-0.1, -0.05) is 0 Å². The van der Waals surface area contributed by atoms with E-state index in [1.807, 2.05) is 37.9 Å². The Morgan fingerprint density at radius 3 is 2.88 bits per heavy atom. The molecule has 2 aliphatic rings. The maximum absolute atomic E-state index is 12.3. The van der Waals surface area contributed by atoms with Crippen molar-refractivity contribution in [2.24, 2.45) is 0 Å². The average molecular weight is 455 g/mol. The molecule has 2 aromatic rings. The van der Waals surface area contributed by atoms with Crippen LogP contribution in [0.5, 0.6) is 5.75 Å². The minimum absolute atomic E-state index is 0.0202. The topological polar surface area (TPSA) is 92.7 Å². The number of nitrogens with one attached hydrogen (secondary N) is 1. The van der Waals surface area contributed by atoms with Crippen molar-refractivity contribution >= 4 is 11.7 Å². The number of ether oxygens (including phenoxy) is 2. The number of likely N-dealkylation sites (N-methyl/N-ethyl adjacent to an activating group) is 1. The number of aryl methyl sites for hydroxylation is 1. The van der Waals surface area contributed by atoms with E-state index in [2.05, 4.69) is 15.2 Å². The van der Waals surface area contributed by atoms with Gasteiger partial charge in [0.2, 0.25) is 5.91 Å². The fourth-order valence-electron chi connectivity index (χ4n) is 4.24. The van der Waals surface area contributed by atoms with Crippen molar-refractivity contribution in [2.45, 2.75) is 39.2 Å². The van der Waals surface area contributed by atoms with Gasteiger partial charge >= 0.3 is 0 Å². The molecule has 1 saturated heterocycles. The number of rotatable bonds is 9. The second-order valence-electron chi connectivity index (χ2n) is 8.91. The Hall–Kier alpha value is -2.78. The molecular formula is C24H34N6O3. The molecule has 0 radical (unpaired) electrons. The first-order valence-electron chi connectivity index (χ1n) is 11.8. The van der Waals surface area contributed by atoms with Gasteiger partial charge in [-0.15, -0.1) is 0 Å². The van der Waals surface area contributed by atoms with E-state index in [4.69, 9.17) is 19.4 Å². The third-order valence-corrected chi connectivity index (χ3v) is 5.84. The highest BCUT2D eigenvalue weighted by molar-refractivity contribution is 5.81. The van der Waals surface area contributed by atoms with Crippen LogP contribution in [-0.4, -0.2) is 84.8 Å². The Bertz CT molecular complexity index is 961. The van der Waals surface area contributed by atoms with Crippen molar-refractivity contribution in [3.05, 3.63) is 29.6 Å². The molecule has 33 heavy (non-hydrogen) atoms. The molecule has 9 nitrogen and oxygen atoms in total. The van der Waals surface area contributed by atoms with Crippen LogP contribution in [0.25, 0.3) is 11.5 Å². The summed E-state index contributed by atoms with van der Waals surface area (Å²) >= 11 is 0. The smallest absolute Gasteiger partial charge is 0.239 e. The minimum Gasteiger partial charge on any atom is -0.492 e. The predicted octanol–water partition coefficient (Wildman–Crippen LogP) is 1.70. The summed E-state index contributed by atoms with van der Waals surface area (Å²) in [5, 5.41) is 2.94. The monoisotopic (exact) mass is 454 g/mol. The number of nitrogens with zero attached hydrogens (tertiary/aromatic N) is 5. The van der Waals surface area contributed by atoms with Crippen LogP contribution in [0, 0.1) is 0 Å². The van der Waals surface area contributed by atoms with Gasteiger partial charge in [0, 0.05) is 56.2 Å². The summed E-state index contributed by atoms with van der Waals surface area (Å²) < 4.78 is 11.4. The zero-order valence-electron chi connectivity index (χ0n) is 19.8. The average Bonchev–Trinajstić information content (AvgIpc) is 3.27. The Balaban J connectivity index is 1.48. The molecule has 1 N–H and O–H groups in total. The van der Waals surface area contributed by atoms with Crippen LogP contribution in [-0.2, 0) is 22.4 Å². The number of hydrogen-bond donors (Lipinski definition) is 1. The number of carbonyl (C=O) groups is 1. The summed E-state index contributed by atoms with van der Waals surface area (Å²) in [5.74, 6) is 2.11. The zero-order valence-corrected chi connectivity index (χ0v) is 19.8. The van der Waals surface area contributed by atoms with Crippen LogP contribution in [0.3, 0.4) is 0 Å². The highest BCUT2D eigenvalue weighted by Gasteiger charge is 2.23. The van der Waals surface area contributed by atoms with Crippen molar-refractivity contribution in [2.75, 3.05) is 57.9 Å². The first-order chi connectivity index (χ1) is 16.0. The van der Waals surface area contributed by atoms with E-state index >= 15 is 0 Å². The molecule has 0 spiro atoms. The number of aromatic nitrogens is 3. The molecule has 0 bridgehead atoms. The molecule has 2 aromatic heterocycles. The lowest BCUT2D eigenvalue weighted by Crippen LogP contribution is -2.39. The van der Waals surface area contributed by atoms with E-state index in [0.29, 0.717) is 18.1 Å². The molecule has 1 aliphatic heterocycles. The number of morpholine rings is 1. The largest absolute Gasteiger partial charge is 0.492 e. The first-order valence-corrected chi connectivity index (χ1v) is 11.8. The fraction of sp³-hybridized carbons (Fsp3) is 0.583. The van der Waals surface area contributed by atoms with Gasteiger partial charge in [-0.05, 0) is 39.2 Å². The van der Waals surface area contributed by atoms with Crippen LogP contribution >= 0.6 is 0 Å². The van der Waals surface area contributed by atoms with Crippen molar-refractivity contribution in [1.29, 1.82) is 0 Å². The molecule has 1 amide bonds. The predicted molar refractivity (Wildman–Crippen MR) is 127 cm³/mol. The Morgan fingerprint density at radius 2 is 2.09 bits per heavy atom. The number of pyridine rings is 1. The molecule has 178 valence electrons. The molecule has 0 aromatic carbocycles. The molecule has 0 unspecified atom stereocenters. The summed E-state index contributed by atoms with van der Waals surface area (Å²) in [6.45, 7) is 9.09. The van der Waals surface area contributed by atoms with Crippen molar-refractivity contribution in [3.8, 4) is 17.3 Å². The molecule has 1 fully saturated rings. The van der Waals surface area contributed by atoms with Gasteiger partial charge in [0.15, 0.2) is 5.82 Å². The van der Waals surface area contributed by atoms with Gasteiger partial charge in [-0.2, -0.15) is 0 Å². The number of anilines is 1. The Labute approximate surface area is 195 Å². The van der Waals surface area contributed by atoms with E-state index in [9.17, 15) is 4.79 Å². The van der Waals surface area contributed by atoms with Gasteiger partial charge in [0.25, 0.3) is 0 Å². The molecule has 9 heteroatoms. The van der Waals surface area contributed by atoms with Gasteiger partial charge in [-0.3, -0.25) is 14.7 Å². The van der Waals surface area contributed by atoms with Gasteiger partial charge in [0.1, 0.15) is 23.9 Å². The number of hydrogen-bond acceptors (Lipinski definition) is 8. The van der Waals surface area contributed by atoms with Gasteiger partial charge in [-0.25, -0.2) is 9.97 Å². The highest BCUT2D eigenvalue weighted by atomic mass is 16.5. The summed E-state index contributed by atoms with van der Waals surface area (Å²) in [5.41, 5.74) is 2.86. The molecule has 4 rings (SSSR count). The highest BCUT2D eigenvalue weighted by Crippen LogP contribution is 2.31. The SMILES string of the molecule is CC(C)NC(=O)CN(C)c1nc(-c2cc(OCCN3CCOCC3)ccn2)nc2c1CCC2. The molecular weight excluding hydrogens is 420 g/mol. The third kappa shape index (κ3) is 6.17. The lowest BCUT2D eigenvalue weighted by molar-refractivity contribution is -0.120. The van der Waals surface area contributed by atoms with Crippen LogP contribution in [0.2, 0.25) is 0 Å². The van der Waals surface area contributed by atoms with E-state index in [1.54, 1.807) is 6.20 Å². The third-order valence-electron chi connectivity index (χ3n) is 5.84. The van der Waals surface area contributed by atoms with Crippen LogP contribution in [0.15, 0.2) is 18.3 Å². The van der Waals surface area contributed by atoms with Crippen LogP contribution in [0.1, 0.15) is 31.5 Å². The van der Waals surface area contributed by atoms with E-state index in [-0.39, 0.29) is 18.5 Å². The van der Waals surface area contributed by atoms with Crippen molar-refractivity contribution < 1.29 is 14.3 Å². The lowest BCUT2D eigenvalue weighted by atomic mass is 10.2. The molecule has 0 atom stereocenters. The lowest BCUT2D eigenvalue weighted by Gasteiger charge is -2.26. The maximum atomic E-state index is 12.3. The quantitative estimate of drug-likeness (QED) is 0.612. The second kappa shape index (κ2) is 10.9. The van der Waals surface area contributed by atoms with Crippen molar-refractivity contribution in [3.63, 3.8) is 0 Å². The van der Waals surface area contributed by atoms with Crippen LogP contribution < -0.4 is 15.0 Å². The number of amides is 1. The first kappa shape index (κ1) is 23.4. The zero-order chi connectivity index (χ0) is 23.2. The number of fused-ring (bicyclic) bond motifs is 1. The second-order valence-corrected chi connectivity index (χ2v) is 8.91. The summed E-state index contributed by atoms with van der Waals surface area (Å²) in [7, 11) is 1.91. The Kier molecular flexibility index (Phi) is 7.72. The summed E-state index contributed by atoms with van der Waals surface area (Å²) in [6.07, 6.45) is 4.62. The van der Waals surface area contributed by atoms with E-state index in [0.717, 1.165) is 74.9 Å². The summed E-state index contributed by atoms with van der Waals surface area (Å²) in [4.78, 5) is 30.7. The standard InChI is InChI=1S/C24H34N6O3/c1-17(2)26-22(31)16-29(3)24-19-5-4-6-20(19)27-23(28-24)21-15-18(7-8-25-21)33-14-11-30-9-12-32-13-10-30/h7-8,15,17H,4-6,9-14,16H2,1-3H3,(H,26,31). The van der Waals surface area contributed by atoms with Gasteiger partial charge < -0.3 is 19.7 Å². The van der Waals surface area contributed by atoms with Gasteiger partial charge in [0.05, 0.1) is 19.8 Å². The minimum atomic E-state index is -0.0202. The van der Waals surface area contributed by atoms with E-state index < -0.39 is 0 Å². The summed E-state index contributed by atoms with van der Waals surface area (Å²) in [6, 6.07) is 3.86. The number of carbonyl (C=O) groups excluding carboxylic acids is 1. The fourth-order valence-corrected chi connectivity index (χ4v) is 4.24. The molecule has 3 heterocycles. The molecule has 1 aliphatic carbocycles. The normalized spacial score (nSPS) is 16.0. The molecule has 0 saturated carbocycles. The van der Waals surface area contributed by atoms with Crippen LogP contribution in [0.4, 0.5) is 5.82 Å². The van der Waals surface area contributed by atoms with E-state index in [1.165, 1.54) is 0 Å².